The summed E-state index contributed by atoms with van der Waals surface area (Å²) in [5.41, 5.74) is -0.689. The van der Waals surface area contributed by atoms with Crippen molar-refractivity contribution in [1.82, 2.24) is 10.2 Å². The molecule has 2 N–H and O–H groups in total. The third-order valence-electron chi connectivity index (χ3n) is 5.59. The Labute approximate surface area is 150 Å². The lowest BCUT2D eigenvalue weighted by Gasteiger charge is -2.45. The number of guanidine groups is 1. The van der Waals surface area contributed by atoms with Gasteiger partial charge in [-0.1, -0.05) is 19.3 Å². The standard InChI is InChI=1S/C18H33N3O2S/c1-2-19-16(20-14-17(22)8-11-23-12-9-17)21-10-13-24-18(15-21)6-4-3-5-7-18/h22H,2-15H2,1H3,(H,19,20). The molecule has 3 rings (SSSR count). The van der Waals surface area contributed by atoms with E-state index in [9.17, 15) is 5.11 Å². The van der Waals surface area contributed by atoms with Crippen LogP contribution in [0.2, 0.25) is 0 Å². The first-order chi connectivity index (χ1) is 11.6. The van der Waals surface area contributed by atoms with Gasteiger partial charge in [0.15, 0.2) is 5.96 Å². The summed E-state index contributed by atoms with van der Waals surface area (Å²) in [5.74, 6) is 2.17. The van der Waals surface area contributed by atoms with Crippen molar-refractivity contribution in [2.45, 2.75) is 62.2 Å². The van der Waals surface area contributed by atoms with Crippen molar-refractivity contribution < 1.29 is 9.84 Å². The summed E-state index contributed by atoms with van der Waals surface area (Å²) >= 11 is 2.18. The van der Waals surface area contributed by atoms with E-state index in [1.807, 2.05) is 0 Å². The average molecular weight is 356 g/mol. The third kappa shape index (κ3) is 4.58. The van der Waals surface area contributed by atoms with Gasteiger partial charge in [-0.2, -0.15) is 11.8 Å². The Balaban J connectivity index is 1.66. The van der Waals surface area contributed by atoms with Crippen molar-refractivity contribution >= 4 is 17.7 Å². The third-order valence-corrected chi connectivity index (χ3v) is 7.13. The molecule has 1 aliphatic carbocycles. The fraction of sp³-hybridized carbons (Fsp3) is 0.944. The highest BCUT2D eigenvalue weighted by Gasteiger charge is 2.38. The zero-order valence-electron chi connectivity index (χ0n) is 15.1. The summed E-state index contributed by atoms with van der Waals surface area (Å²) in [5, 5.41) is 14.1. The molecule has 5 nitrogen and oxygen atoms in total. The van der Waals surface area contributed by atoms with E-state index in [-0.39, 0.29) is 0 Å². The number of aliphatic hydroxyl groups is 1. The number of thioether (sulfide) groups is 1. The molecule has 3 aliphatic rings. The molecule has 0 aromatic heterocycles. The molecule has 0 aromatic carbocycles. The first-order valence-corrected chi connectivity index (χ1v) is 10.6. The van der Waals surface area contributed by atoms with Crippen LogP contribution in [-0.4, -0.2) is 71.5 Å². The Kier molecular flexibility index (Phi) is 6.33. The van der Waals surface area contributed by atoms with Gasteiger partial charge in [-0.15, -0.1) is 0 Å². The lowest BCUT2D eigenvalue weighted by atomic mass is 9.87. The van der Waals surface area contributed by atoms with E-state index in [0.29, 0.717) is 37.3 Å². The van der Waals surface area contributed by atoms with E-state index in [0.717, 1.165) is 25.6 Å². The number of ether oxygens (including phenoxy) is 1. The maximum atomic E-state index is 10.7. The quantitative estimate of drug-likeness (QED) is 0.601. The molecule has 2 aliphatic heterocycles. The van der Waals surface area contributed by atoms with Crippen LogP contribution < -0.4 is 5.32 Å². The second-order valence-corrected chi connectivity index (χ2v) is 9.08. The highest BCUT2D eigenvalue weighted by Crippen LogP contribution is 2.42. The molecule has 2 saturated heterocycles. The number of aliphatic imine (C=N–C) groups is 1. The molecule has 2 heterocycles. The predicted molar refractivity (Wildman–Crippen MR) is 101 cm³/mol. The lowest BCUT2D eigenvalue weighted by molar-refractivity contribution is -0.0566. The molecule has 6 heteroatoms. The van der Waals surface area contributed by atoms with Gasteiger partial charge in [0.2, 0.25) is 0 Å². The van der Waals surface area contributed by atoms with Gasteiger partial charge in [0, 0.05) is 56.2 Å². The van der Waals surface area contributed by atoms with Crippen LogP contribution in [0.5, 0.6) is 0 Å². The number of nitrogens with one attached hydrogen (secondary N) is 1. The van der Waals surface area contributed by atoms with Crippen LogP contribution in [0.3, 0.4) is 0 Å². The van der Waals surface area contributed by atoms with Gasteiger partial charge < -0.3 is 20.1 Å². The molecule has 138 valence electrons. The minimum absolute atomic E-state index is 0.433. The van der Waals surface area contributed by atoms with Crippen molar-refractivity contribution in [3.63, 3.8) is 0 Å². The van der Waals surface area contributed by atoms with Crippen molar-refractivity contribution in [2.24, 2.45) is 4.99 Å². The Hall–Kier alpha value is -0.460. The largest absolute Gasteiger partial charge is 0.388 e. The highest BCUT2D eigenvalue weighted by atomic mass is 32.2. The molecule has 1 spiro atoms. The minimum Gasteiger partial charge on any atom is -0.388 e. The summed E-state index contributed by atoms with van der Waals surface area (Å²) in [6, 6.07) is 0. The van der Waals surface area contributed by atoms with Gasteiger partial charge in [-0.05, 0) is 19.8 Å². The minimum atomic E-state index is -0.689. The number of hydrogen-bond donors (Lipinski definition) is 2. The predicted octanol–water partition coefficient (Wildman–Crippen LogP) is 2.25. The number of hydrogen-bond acceptors (Lipinski definition) is 4. The molecule has 1 saturated carbocycles. The molecule has 24 heavy (non-hydrogen) atoms. The van der Waals surface area contributed by atoms with Crippen LogP contribution >= 0.6 is 11.8 Å². The Morgan fingerprint density at radius 1 is 1.21 bits per heavy atom. The fourth-order valence-corrected chi connectivity index (χ4v) is 5.65. The van der Waals surface area contributed by atoms with Crippen LogP contribution in [-0.2, 0) is 4.74 Å². The van der Waals surface area contributed by atoms with Crippen LogP contribution in [0, 0.1) is 0 Å². The topological polar surface area (TPSA) is 57.1 Å². The van der Waals surface area contributed by atoms with Crippen LogP contribution in [0.15, 0.2) is 4.99 Å². The van der Waals surface area contributed by atoms with Gasteiger partial charge in [0.05, 0.1) is 12.1 Å². The van der Waals surface area contributed by atoms with Crippen molar-refractivity contribution in [3.05, 3.63) is 0 Å². The molecule has 3 fully saturated rings. The Morgan fingerprint density at radius 3 is 2.67 bits per heavy atom. The smallest absolute Gasteiger partial charge is 0.194 e. The van der Waals surface area contributed by atoms with E-state index in [1.54, 1.807) is 0 Å². The molecular formula is C18H33N3O2S. The van der Waals surface area contributed by atoms with Crippen LogP contribution in [0.25, 0.3) is 0 Å². The number of rotatable bonds is 3. The van der Waals surface area contributed by atoms with Gasteiger partial charge in [0.25, 0.3) is 0 Å². The number of nitrogens with zero attached hydrogens (tertiary/aromatic N) is 2. The Morgan fingerprint density at radius 2 is 1.96 bits per heavy atom. The van der Waals surface area contributed by atoms with Crippen molar-refractivity contribution in [3.8, 4) is 0 Å². The SMILES string of the molecule is CCNC(=NCC1(O)CCOCC1)N1CCSC2(CCCCC2)C1. The first-order valence-electron chi connectivity index (χ1n) is 9.62. The molecule has 0 aromatic rings. The summed E-state index contributed by atoms with van der Waals surface area (Å²) in [7, 11) is 0. The summed E-state index contributed by atoms with van der Waals surface area (Å²) in [6.07, 6.45) is 8.20. The van der Waals surface area contributed by atoms with E-state index in [2.05, 4.69) is 28.9 Å². The summed E-state index contributed by atoms with van der Waals surface area (Å²) < 4.78 is 5.81. The second kappa shape index (κ2) is 8.28. The van der Waals surface area contributed by atoms with Crippen molar-refractivity contribution in [2.75, 3.05) is 45.1 Å². The zero-order chi connectivity index (χ0) is 16.9. The van der Waals surface area contributed by atoms with Gasteiger partial charge in [-0.3, -0.25) is 4.99 Å². The Bertz CT molecular complexity index is 426. The molecule has 0 atom stereocenters. The maximum Gasteiger partial charge on any atom is 0.194 e. The highest BCUT2D eigenvalue weighted by molar-refractivity contribution is 8.00. The molecule has 0 bridgehead atoms. The molecule has 0 unspecified atom stereocenters. The monoisotopic (exact) mass is 355 g/mol. The fourth-order valence-electron chi connectivity index (χ4n) is 4.08. The first kappa shape index (κ1) is 18.3. The van der Waals surface area contributed by atoms with Crippen molar-refractivity contribution in [1.29, 1.82) is 0 Å². The van der Waals surface area contributed by atoms with Gasteiger partial charge in [-0.25, -0.2) is 0 Å². The maximum absolute atomic E-state index is 10.7. The van der Waals surface area contributed by atoms with E-state index in [4.69, 9.17) is 9.73 Å². The molecular weight excluding hydrogens is 322 g/mol. The van der Waals surface area contributed by atoms with Crippen LogP contribution in [0.1, 0.15) is 51.9 Å². The van der Waals surface area contributed by atoms with Gasteiger partial charge >= 0.3 is 0 Å². The summed E-state index contributed by atoms with van der Waals surface area (Å²) in [4.78, 5) is 7.27. The van der Waals surface area contributed by atoms with E-state index in [1.165, 1.54) is 37.9 Å². The van der Waals surface area contributed by atoms with Gasteiger partial charge in [0.1, 0.15) is 0 Å². The van der Waals surface area contributed by atoms with E-state index < -0.39 is 5.60 Å². The van der Waals surface area contributed by atoms with Crippen LogP contribution in [0.4, 0.5) is 0 Å². The summed E-state index contributed by atoms with van der Waals surface area (Å²) in [6.45, 7) is 6.92. The normalized spacial score (nSPS) is 27.2. The second-order valence-electron chi connectivity index (χ2n) is 7.52. The lowest BCUT2D eigenvalue weighted by Crippen LogP contribution is -2.54. The van der Waals surface area contributed by atoms with E-state index >= 15 is 0 Å². The molecule has 0 amide bonds. The molecule has 0 radical (unpaired) electrons. The average Bonchev–Trinajstić information content (AvgIpc) is 2.60. The zero-order valence-corrected chi connectivity index (χ0v) is 15.9.